The zero-order valence-electron chi connectivity index (χ0n) is 8.19. The Bertz CT molecular complexity index is 285. The molecule has 1 unspecified atom stereocenters. The van der Waals surface area contributed by atoms with Crippen LogP contribution in [0.4, 0.5) is 0 Å². The van der Waals surface area contributed by atoms with Gasteiger partial charge in [-0.2, -0.15) is 5.26 Å². The average Bonchev–Trinajstić information content (AvgIpc) is 2.50. The number of aliphatic hydroxyl groups is 1. The predicted molar refractivity (Wildman–Crippen MR) is 45.0 cm³/mol. The van der Waals surface area contributed by atoms with Crippen LogP contribution >= 0.6 is 0 Å². The standard InChI is InChI=1S/C9H13NO4/c1-8(2)13-6-5-12-9(11,3-4-10)7(6)14-8/h6-7,11H,3,5H2,1-2H3/t6-,7-,9?/m1/s1. The molecule has 2 heterocycles. The van der Waals surface area contributed by atoms with E-state index in [-0.39, 0.29) is 19.1 Å². The van der Waals surface area contributed by atoms with Gasteiger partial charge in [0.05, 0.1) is 19.1 Å². The van der Waals surface area contributed by atoms with Crippen LogP contribution in [-0.2, 0) is 14.2 Å². The molecule has 2 aliphatic rings. The van der Waals surface area contributed by atoms with Crippen molar-refractivity contribution in [2.75, 3.05) is 6.61 Å². The van der Waals surface area contributed by atoms with E-state index < -0.39 is 17.7 Å². The van der Waals surface area contributed by atoms with Crippen LogP contribution in [0.3, 0.4) is 0 Å². The van der Waals surface area contributed by atoms with E-state index in [1.54, 1.807) is 13.8 Å². The summed E-state index contributed by atoms with van der Waals surface area (Å²) < 4.78 is 16.1. The largest absolute Gasteiger partial charge is 0.363 e. The van der Waals surface area contributed by atoms with E-state index in [1.165, 1.54) is 0 Å². The number of hydrogen-bond acceptors (Lipinski definition) is 5. The molecule has 0 aromatic heterocycles. The SMILES string of the molecule is CC1(C)O[C@@H]2[C@@H](COC2(O)CC#N)O1. The second-order valence-electron chi connectivity index (χ2n) is 4.09. The molecule has 2 aliphatic heterocycles. The predicted octanol–water partition coefficient (Wildman–Crippen LogP) is 0.139. The van der Waals surface area contributed by atoms with E-state index in [0.29, 0.717) is 0 Å². The minimum atomic E-state index is -1.51. The van der Waals surface area contributed by atoms with Crippen LogP contribution in [-0.4, -0.2) is 35.5 Å². The molecule has 0 aromatic rings. The zero-order chi connectivity index (χ0) is 10.4. The molecule has 1 N–H and O–H groups in total. The zero-order valence-corrected chi connectivity index (χ0v) is 8.19. The van der Waals surface area contributed by atoms with Crippen molar-refractivity contribution in [3.05, 3.63) is 0 Å². The van der Waals surface area contributed by atoms with Gasteiger partial charge in [0.15, 0.2) is 5.79 Å². The Morgan fingerprint density at radius 2 is 2.21 bits per heavy atom. The third-order valence-electron chi connectivity index (χ3n) is 2.46. The first kappa shape index (κ1) is 9.87. The van der Waals surface area contributed by atoms with E-state index in [9.17, 15) is 5.11 Å². The maximum Gasteiger partial charge on any atom is 0.208 e. The molecule has 14 heavy (non-hydrogen) atoms. The van der Waals surface area contributed by atoms with Gasteiger partial charge in [-0.3, -0.25) is 0 Å². The van der Waals surface area contributed by atoms with Gasteiger partial charge in [-0.25, -0.2) is 0 Å². The normalized spacial score (nSPS) is 44.7. The van der Waals surface area contributed by atoms with Crippen LogP contribution in [0.1, 0.15) is 20.3 Å². The minimum absolute atomic E-state index is 0.104. The van der Waals surface area contributed by atoms with E-state index in [2.05, 4.69) is 0 Å². The van der Waals surface area contributed by atoms with Gasteiger partial charge in [0.1, 0.15) is 12.2 Å². The summed E-state index contributed by atoms with van der Waals surface area (Å²) in [5.41, 5.74) is 0. The highest BCUT2D eigenvalue weighted by atomic mass is 16.8. The third-order valence-corrected chi connectivity index (χ3v) is 2.46. The molecule has 0 aromatic carbocycles. The summed E-state index contributed by atoms with van der Waals surface area (Å²) in [6.45, 7) is 3.82. The molecule has 0 radical (unpaired) electrons. The molecule has 0 aliphatic carbocycles. The van der Waals surface area contributed by atoms with Crippen molar-refractivity contribution >= 4 is 0 Å². The van der Waals surface area contributed by atoms with E-state index in [1.807, 2.05) is 6.07 Å². The fraction of sp³-hybridized carbons (Fsp3) is 0.889. The monoisotopic (exact) mass is 199 g/mol. The molecule has 0 saturated carbocycles. The van der Waals surface area contributed by atoms with Crippen LogP contribution in [0.15, 0.2) is 0 Å². The lowest BCUT2D eigenvalue weighted by Gasteiger charge is -2.26. The number of nitriles is 1. The van der Waals surface area contributed by atoms with Crippen molar-refractivity contribution in [1.82, 2.24) is 0 Å². The van der Waals surface area contributed by atoms with Crippen molar-refractivity contribution in [2.45, 2.75) is 44.1 Å². The smallest absolute Gasteiger partial charge is 0.208 e. The summed E-state index contributed by atoms with van der Waals surface area (Å²) >= 11 is 0. The fourth-order valence-corrected chi connectivity index (χ4v) is 1.91. The van der Waals surface area contributed by atoms with Crippen LogP contribution in [0.2, 0.25) is 0 Å². The first-order chi connectivity index (χ1) is 6.47. The molecule has 5 heteroatoms. The van der Waals surface area contributed by atoms with E-state index >= 15 is 0 Å². The van der Waals surface area contributed by atoms with Gasteiger partial charge < -0.3 is 19.3 Å². The lowest BCUT2D eigenvalue weighted by molar-refractivity contribution is -0.256. The quantitative estimate of drug-likeness (QED) is 0.650. The Morgan fingerprint density at radius 3 is 2.86 bits per heavy atom. The minimum Gasteiger partial charge on any atom is -0.363 e. The second kappa shape index (κ2) is 2.91. The Kier molecular flexibility index (Phi) is 2.05. The fourth-order valence-electron chi connectivity index (χ4n) is 1.91. The second-order valence-corrected chi connectivity index (χ2v) is 4.09. The summed E-state index contributed by atoms with van der Waals surface area (Å²) in [5.74, 6) is -2.21. The summed E-state index contributed by atoms with van der Waals surface area (Å²) in [7, 11) is 0. The molecular weight excluding hydrogens is 186 g/mol. The van der Waals surface area contributed by atoms with Gasteiger partial charge in [0, 0.05) is 0 Å². The van der Waals surface area contributed by atoms with Gasteiger partial charge in [0.25, 0.3) is 0 Å². The topological polar surface area (TPSA) is 71.7 Å². The highest BCUT2D eigenvalue weighted by Gasteiger charge is 2.58. The molecule has 0 spiro atoms. The molecule has 2 rings (SSSR count). The maximum atomic E-state index is 9.94. The lowest BCUT2D eigenvalue weighted by atomic mass is 10.1. The number of nitrogens with zero attached hydrogens (tertiary/aromatic N) is 1. The molecule has 0 bridgehead atoms. The Morgan fingerprint density at radius 1 is 1.50 bits per heavy atom. The maximum absolute atomic E-state index is 9.94. The van der Waals surface area contributed by atoms with Crippen molar-refractivity contribution in [3.63, 3.8) is 0 Å². The van der Waals surface area contributed by atoms with Gasteiger partial charge in [-0.15, -0.1) is 0 Å². The number of ether oxygens (including phenoxy) is 3. The lowest BCUT2D eigenvalue weighted by Crippen LogP contribution is -2.42. The molecular formula is C9H13NO4. The van der Waals surface area contributed by atoms with Gasteiger partial charge >= 0.3 is 0 Å². The molecule has 78 valence electrons. The van der Waals surface area contributed by atoms with Crippen LogP contribution in [0.5, 0.6) is 0 Å². The number of fused-ring (bicyclic) bond motifs is 1. The molecule has 2 saturated heterocycles. The van der Waals surface area contributed by atoms with E-state index in [0.717, 1.165) is 0 Å². The Balaban J connectivity index is 2.16. The Labute approximate surface area is 82.2 Å². The highest BCUT2D eigenvalue weighted by Crippen LogP contribution is 2.40. The molecule has 2 fully saturated rings. The average molecular weight is 199 g/mol. The van der Waals surface area contributed by atoms with E-state index in [4.69, 9.17) is 19.5 Å². The van der Waals surface area contributed by atoms with Gasteiger partial charge in [-0.1, -0.05) is 0 Å². The summed E-state index contributed by atoms with van der Waals surface area (Å²) in [5, 5.41) is 18.5. The van der Waals surface area contributed by atoms with Crippen LogP contribution in [0.25, 0.3) is 0 Å². The highest BCUT2D eigenvalue weighted by molar-refractivity contribution is 5.00. The first-order valence-corrected chi connectivity index (χ1v) is 4.56. The van der Waals surface area contributed by atoms with Crippen molar-refractivity contribution < 1.29 is 19.3 Å². The summed E-state index contributed by atoms with van der Waals surface area (Å²) in [4.78, 5) is 0. The van der Waals surface area contributed by atoms with Crippen molar-refractivity contribution in [2.24, 2.45) is 0 Å². The van der Waals surface area contributed by atoms with Crippen LogP contribution in [0, 0.1) is 11.3 Å². The molecule has 5 nitrogen and oxygen atoms in total. The van der Waals surface area contributed by atoms with Gasteiger partial charge in [0.2, 0.25) is 5.79 Å². The van der Waals surface area contributed by atoms with Crippen molar-refractivity contribution in [3.8, 4) is 6.07 Å². The van der Waals surface area contributed by atoms with Crippen LogP contribution < -0.4 is 0 Å². The number of rotatable bonds is 1. The Hall–Kier alpha value is -0.670. The van der Waals surface area contributed by atoms with Crippen molar-refractivity contribution in [1.29, 1.82) is 5.26 Å². The summed E-state index contributed by atoms with van der Waals surface area (Å²) in [6, 6.07) is 1.88. The number of hydrogen-bond donors (Lipinski definition) is 1. The third kappa shape index (κ3) is 1.41. The molecule has 3 atom stereocenters. The first-order valence-electron chi connectivity index (χ1n) is 4.56. The molecule has 0 amide bonds. The summed E-state index contributed by atoms with van der Waals surface area (Å²) in [6.07, 6.45) is -0.936. The van der Waals surface area contributed by atoms with Gasteiger partial charge in [-0.05, 0) is 13.8 Å².